The standard InChI is InChI=1S/C15H24O2/c1-9(2)14-13-10(3)6-11(4)15(7-16,8-17-14)12(13)5/h6,11-13,16H,7-8H2,1-5H3/t11-,12-,13-,15+/m0/s1. The van der Waals surface area contributed by atoms with Crippen molar-refractivity contribution in [3.8, 4) is 0 Å². The Kier molecular flexibility index (Phi) is 3.11. The molecular formula is C15H24O2. The van der Waals surface area contributed by atoms with Gasteiger partial charge >= 0.3 is 0 Å². The van der Waals surface area contributed by atoms with Crippen molar-refractivity contribution in [1.82, 2.24) is 0 Å². The number of rotatable bonds is 1. The molecule has 1 fully saturated rings. The molecule has 0 radical (unpaired) electrons. The lowest BCUT2D eigenvalue weighted by molar-refractivity contribution is -0.0933. The highest BCUT2D eigenvalue weighted by atomic mass is 16.5. The van der Waals surface area contributed by atoms with E-state index < -0.39 is 0 Å². The summed E-state index contributed by atoms with van der Waals surface area (Å²) in [6, 6.07) is 0. The molecule has 0 aromatic heterocycles. The van der Waals surface area contributed by atoms with E-state index in [1.54, 1.807) is 0 Å². The summed E-state index contributed by atoms with van der Waals surface area (Å²) in [5.74, 6) is 2.32. The monoisotopic (exact) mass is 236 g/mol. The Morgan fingerprint density at radius 2 is 2.12 bits per heavy atom. The average molecular weight is 236 g/mol. The molecule has 2 aliphatic rings. The van der Waals surface area contributed by atoms with E-state index in [1.807, 2.05) is 0 Å². The number of hydrogen-bond donors (Lipinski definition) is 1. The Labute approximate surface area is 104 Å². The second-order valence-corrected chi connectivity index (χ2v) is 6.01. The van der Waals surface area contributed by atoms with Crippen LogP contribution in [0.4, 0.5) is 0 Å². The van der Waals surface area contributed by atoms with E-state index in [0.29, 0.717) is 24.4 Å². The fourth-order valence-electron chi connectivity index (χ4n) is 3.59. The van der Waals surface area contributed by atoms with Gasteiger partial charge in [-0.05, 0) is 38.2 Å². The molecule has 0 saturated carbocycles. The number of fused-ring (bicyclic) bond motifs is 2. The van der Waals surface area contributed by atoms with E-state index in [9.17, 15) is 5.11 Å². The number of aliphatic hydroxyl groups excluding tert-OH is 1. The lowest BCUT2D eigenvalue weighted by Gasteiger charge is -2.53. The largest absolute Gasteiger partial charge is 0.497 e. The zero-order valence-electron chi connectivity index (χ0n) is 11.6. The van der Waals surface area contributed by atoms with E-state index in [2.05, 4.69) is 40.7 Å². The maximum atomic E-state index is 9.82. The highest BCUT2D eigenvalue weighted by molar-refractivity contribution is 5.29. The number of allylic oxidation sites excluding steroid dienone is 3. The van der Waals surface area contributed by atoms with E-state index in [1.165, 1.54) is 11.1 Å². The Morgan fingerprint density at radius 1 is 1.47 bits per heavy atom. The zero-order valence-corrected chi connectivity index (χ0v) is 11.6. The Morgan fingerprint density at radius 3 is 2.65 bits per heavy atom. The second-order valence-electron chi connectivity index (χ2n) is 6.01. The molecule has 1 N–H and O–H groups in total. The van der Waals surface area contributed by atoms with E-state index in [0.717, 1.165) is 5.76 Å². The molecular weight excluding hydrogens is 212 g/mol. The first-order valence-corrected chi connectivity index (χ1v) is 6.53. The molecule has 1 heterocycles. The summed E-state index contributed by atoms with van der Waals surface area (Å²) >= 11 is 0. The Bertz CT molecular complexity index is 376. The van der Waals surface area contributed by atoms with Crippen molar-refractivity contribution in [3.63, 3.8) is 0 Å². The molecule has 0 aromatic carbocycles. The van der Waals surface area contributed by atoms with E-state index in [4.69, 9.17) is 4.74 Å². The molecule has 4 atom stereocenters. The molecule has 2 nitrogen and oxygen atoms in total. The van der Waals surface area contributed by atoms with Crippen molar-refractivity contribution >= 4 is 0 Å². The van der Waals surface area contributed by atoms with Crippen LogP contribution in [0.2, 0.25) is 0 Å². The number of hydrogen-bond acceptors (Lipinski definition) is 2. The van der Waals surface area contributed by atoms with Gasteiger partial charge in [-0.2, -0.15) is 0 Å². The SMILES string of the molecule is CC1=C[C@H](C)[C@@]2(CO)COC(=C(C)C)[C@@H]1[C@@H]2C. The molecule has 0 aromatic rings. The third-order valence-corrected chi connectivity index (χ3v) is 4.88. The summed E-state index contributed by atoms with van der Waals surface area (Å²) in [4.78, 5) is 0. The maximum absolute atomic E-state index is 9.82. The van der Waals surface area contributed by atoms with Gasteiger partial charge in [0.05, 0.1) is 13.2 Å². The molecule has 0 unspecified atom stereocenters. The van der Waals surface area contributed by atoms with Crippen LogP contribution in [0.3, 0.4) is 0 Å². The third-order valence-electron chi connectivity index (χ3n) is 4.88. The summed E-state index contributed by atoms with van der Waals surface area (Å²) < 4.78 is 5.99. The van der Waals surface area contributed by atoms with Gasteiger partial charge in [0.1, 0.15) is 5.76 Å². The molecule has 0 amide bonds. The first-order valence-electron chi connectivity index (χ1n) is 6.53. The molecule has 17 heavy (non-hydrogen) atoms. The van der Waals surface area contributed by atoms with E-state index in [-0.39, 0.29) is 12.0 Å². The first kappa shape index (κ1) is 12.7. The van der Waals surface area contributed by atoms with Gasteiger partial charge in [0, 0.05) is 11.3 Å². The quantitative estimate of drug-likeness (QED) is 0.709. The second kappa shape index (κ2) is 4.16. The minimum absolute atomic E-state index is 0.0941. The van der Waals surface area contributed by atoms with Gasteiger partial charge in [-0.3, -0.25) is 0 Å². The molecule has 96 valence electrons. The Hall–Kier alpha value is -0.760. The normalized spacial score (nSPS) is 40.7. The predicted octanol–water partition coefficient (Wildman–Crippen LogP) is 3.14. The summed E-state index contributed by atoms with van der Waals surface area (Å²) in [7, 11) is 0. The maximum Gasteiger partial charge on any atom is 0.102 e. The van der Waals surface area contributed by atoms with Crippen molar-refractivity contribution in [2.75, 3.05) is 13.2 Å². The topological polar surface area (TPSA) is 29.5 Å². The third kappa shape index (κ3) is 1.65. The van der Waals surface area contributed by atoms with Crippen LogP contribution in [-0.4, -0.2) is 18.3 Å². The van der Waals surface area contributed by atoms with Gasteiger partial charge in [0.2, 0.25) is 0 Å². The van der Waals surface area contributed by atoms with Crippen molar-refractivity contribution in [2.24, 2.45) is 23.2 Å². The summed E-state index contributed by atoms with van der Waals surface area (Å²) in [5.41, 5.74) is 2.56. The van der Waals surface area contributed by atoms with Crippen LogP contribution in [0.1, 0.15) is 34.6 Å². The highest BCUT2D eigenvalue weighted by Crippen LogP contribution is 2.53. The number of aliphatic hydroxyl groups is 1. The van der Waals surface area contributed by atoms with Crippen molar-refractivity contribution in [3.05, 3.63) is 23.0 Å². The lowest BCUT2D eigenvalue weighted by Crippen LogP contribution is -2.52. The van der Waals surface area contributed by atoms with Crippen molar-refractivity contribution in [2.45, 2.75) is 34.6 Å². The Balaban J connectivity index is 2.52. The van der Waals surface area contributed by atoms with Gasteiger partial charge in [-0.15, -0.1) is 0 Å². The minimum Gasteiger partial charge on any atom is -0.497 e. The van der Waals surface area contributed by atoms with E-state index >= 15 is 0 Å². The highest BCUT2D eigenvalue weighted by Gasteiger charge is 2.52. The molecule has 1 aliphatic carbocycles. The average Bonchev–Trinajstić information content (AvgIpc) is 2.26. The molecule has 2 rings (SSSR count). The predicted molar refractivity (Wildman–Crippen MR) is 69.4 cm³/mol. The van der Waals surface area contributed by atoms with Gasteiger partial charge in [0.25, 0.3) is 0 Å². The van der Waals surface area contributed by atoms with Crippen LogP contribution >= 0.6 is 0 Å². The smallest absolute Gasteiger partial charge is 0.102 e. The summed E-state index contributed by atoms with van der Waals surface area (Å²) in [6.45, 7) is 11.7. The van der Waals surface area contributed by atoms with Crippen LogP contribution in [0, 0.1) is 23.2 Å². The van der Waals surface area contributed by atoms with Crippen LogP contribution in [-0.2, 0) is 4.74 Å². The molecule has 1 saturated heterocycles. The fourth-order valence-corrected chi connectivity index (χ4v) is 3.59. The fraction of sp³-hybridized carbons (Fsp3) is 0.733. The van der Waals surface area contributed by atoms with Crippen LogP contribution in [0.5, 0.6) is 0 Å². The molecule has 0 spiro atoms. The zero-order chi connectivity index (χ0) is 12.8. The van der Waals surface area contributed by atoms with Gasteiger partial charge in [-0.25, -0.2) is 0 Å². The van der Waals surface area contributed by atoms with Crippen LogP contribution in [0.25, 0.3) is 0 Å². The van der Waals surface area contributed by atoms with Gasteiger partial charge in [-0.1, -0.05) is 25.5 Å². The first-order chi connectivity index (χ1) is 7.94. The van der Waals surface area contributed by atoms with Crippen LogP contribution in [0.15, 0.2) is 23.0 Å². The molecule has 2 heteroatoms. The van der Waals surface area contributed by atoms with Crippen molar-refractivity contribution in [1.29, 1.82) is 0 Å². The van der Waals surface area contributed by atoms with Crippen LogP contribution < -0.4 is 0 Å². The summed E-state index contributed by atoms with van der Waals surface area (Å²) in [6.07, 6.45) is 2.33. The molecule has 2 bridgehead atoms. The minimum atomic E-state index is -0.0941. The van der Waals surface area contributed by atoms with Gasteiger partial charge < -0.3 is 9.84 Å². The van der Waals surface area contributed by atoms with Gasteiger partial charge in [0.15, 0.2) is 0 Å². The van der Waals surface area contributed by atoms with Crippen molar-refractivity contribution < 1.29 is 9.84 Å². The molecule has 1 aliphatic heterocycles. The summed E-state index contributed by atoms with van der Waals surface area (Å²) in [5, 5.41) is 9.82. The lowest BCUT2D eigenvalue weighted by atomic mass is 9.57. The number of ether oxygens (including phenoxy) is 1.